The van der Waals surface area contributed by atoms with Crippen LogP contribution in [0.25, 0.3) is 0 Å². The van der Waals surface area contributed by atoms with Crippen LogP contribution in [0.1, 0.15) is 45.5 Å². The maximum atomic E-state index is 11.4. The first-order valence-electron chi connectivity index (χ1n) is 11.0. The summed E-state index contributed by atoms with van der Waals surface area (Å²) in [5, 5.41) is 12.3. The van der Waals surface area contributed by atoms with E-state index in [2.05, 4.69) is 38.9 Å². The lowest BCUT2D eigenvalue weighted by Gasteiger charge is -2.07. The minimum Gasteiger partial charge on any atom is -0.460 e. The van der Waals surface area contributed by atoms with Crippen molar-refractivity contribution in [2.45, 2.75) is 48.0 Å². The second kappa shape index (κ2) is 17.3. The highest BCUT2D eigenvalue weighted by atomic mass is 16.7. The van der Waals surface area contributed by atoms with Crippen LogP contribution < -0.4 is 15.5 Å². The Kier molecular flexibility index (Phi) is 15.3. The predicted molar refractivity (Wildman–Crippen MR) is 131 cm³/mol. The van der Waals surface area contributed by atoms with E-state index in [-0.39, 0.29) is 26.3 Å². The molecular formula is C23H35N5O8. The number of amides is 2. The summed E-state index contributed by atoms with van der Waals surface area (Å²) >= 11 is 0. The van der Waals surface area contributed by atoms with Gasteiger partial charge < -0.3 is 20.1 Å². The lowest BCUT2D eigenvalue weighted by Crippen LogP contribution is -2.35. The summed E-state index contributed by atoms with van der Waals surface area (Å²) in [6, 6.07) is 1.78. The number of nitrogens with zero attached hydrogens (tertiary/aromatic N) is 3. The van der Waals surface area contributed by atoms with Crippen LogP contribution in [0.15, 0.2) is 35.5 Å². The van der Waals surface area contributed by atoms with E-state index < -0.39 is 24.1 Å². The van der Waals surface area contributed by atoms with Crippen molar-refractivity contribution < 1.29 is 38.3 Å². The Morgan fingerprint density at radius 1 is 0.944 bits per heavy atom. The topological polar surface area (TPSA) is 159 Å². The van der Waals surface area contributed by atoms with Gasteiger partial charge in [0.2, 0.25) is 0 Å². The van der Waals surface area contributed by atoms with Crippen LogP contribution in [-0.2, 0) is 23.9 Å². The number of aromatic nitrogens is 2. The number of carbonyl (C=O) groups is 4. The molecule has 2 N–H and O–H groups in total. The van der Waals surface area contributed by atoms with Crippen LogP contribution >= 0.6 is 0 Å². The summed E-state index contributed by atoms with van der Waals surface area (Å²) in [6.45, 7) is 17.6. The Balaban J connectivity index is 0.000000686. The Bertz CT molecular complexity index is 968. The van der Waals surface area contributed by atoms with E-state index in [0.29, 0.717) is 29.0 Å². The number of oxime groups is 1. The van der Waals surface area contributed by atoms with Gasteiger partial charge in [-0.05, 0) is 47.1 Å². The highest BCUT2D eigenvalue weighted by molar-refractivity contribution is 5.87. The summed E-state index contributed by atoms with van der Waals surface area (Å²) in [4.78, 5) is 55.0. The zero-order valence-electron chi connectivity index (χ0n) is 21.6. The second-order valence-corrected chi connectivity index (χ2v) is 7.42. The molecule has 0 unspecified atom stereocenters. The minimum absolute atomic E-state index is 0.0535. The molecule has 0 aliphatic heterocycles. The van der Waals surface area contributed by atoms with Crippen molar-refractivity contribution in [3.63, 3.8) is 0 Å². The summed E-state index contributed by atoms with van der Waals surface area (Å²) in [6.07, 6.45) is -0.634. The van der Waals surface area contributed by atoms with Crippen LogP contribution in [0.4, 0.5) is 9.59 Å². The average molecular weight is 510 g/mol. The molecule has 0 fully saturated rings. The smallest absolute Gasteiger partial charge is 0.433 e. The molecule has 13 heteroatoms. The molecule has 200 valence electrons. The molecule has 1 aromatic heterocycles. The summed E-state index contributed by atoms with van der Waals surface area (Å²) < 4.78 is 9.56. The van der Waals surface area contributed by atoms with Gasteiger partial charge in [0.15, 0.2) is 0 Å². The van der Waals surface area contributed by atoms with Crippen molar-refractivity contribution in [2.24, 2.45) is 5.16 Å². The number of aryl methyl sites for hydroxylation is 2. The van der Waals surface area contributed by atoms with E-state index in [9.17, 15) is 19.2 Å². The zero-order chi connectivity index (χ0) is 27.7. The van der Waals surface area contributed by atoms with Gasteiger partial charge in [0.25, 0.3) is 0 Å². The van der Waals surface area contributed by atoms with Crippen molar-refractivity contribution >= 4 is 29.8 Å². The van der Waals surface area contributed by atoms with Crippen molar-refractivity contribution in [3.8, 4) is 0 Å². The van der Waals surface area contributed by atoms with E-state index in [0.717, 1.165) is 10.5 Å². The normalized spacial score (nSPS) is 10.2. The highest BCUT2D eigenvalue weighted by Gasteiger charge is 2.08. The molecule has 1 rings (SSSR count). The molecule has 0 aromatic carbocycles. The van der Waals surface area contributed by atoms with Crippen molar-refractivity contribution in [3.05, 3.63) is 41.8 Å². The third kappa shape index (κ3) is 14.9. The molecule has 0 aliphatic rings. The number of hydrogen-bond donors (Lipinski definition) is 2. The highest BCUT2D eigenvalue weighted by Crippen LogP contribution is 1.99. The first-order valence-corrected chi connectivity index (χ1v) is 11.0. The molecular weight excluding hydrogens is 474 g/mol. The maximum absolute atomic E-state index is 11.4. The molecule has 0 aliphatic carbocycles. The molecule has 0 bridgehead atoms. The fourth-order valence-electron chi connectivity index (χ4n) is 1.87. The van der Waals surface area contributed by atoms with Crippen LogP contribution in [0, 0.1) is 13.8 Å². The largest absolute Gasteiger partial charge is 0.460 e. The van der Waals surface area contributed by atoms with Gasteiger partial charge in [-0.15, -0.1) is 5.10 Å². The first kappa shape index (κ1) is 31.8. The van der Waals surface area contributed by atoms with Gasteiger partial charge in [-0.3, -0.25) is 9.68 Å². The summed E-state index contributed by atoms with van der Waals surface area (Å²) in [7, 11) is 0. The molecule has 0 atom stereocenters. The lowest BCUT2D eigenvalue weighted by atomic mass is 10.3. The number of esters is 2. The molecule has 2 amide bonds. The number of ether oxygens (including phenoxy) is 2. The fraction of sp³-hybridized carbons (Fsp3) is 0.478. The molecule has 13 nitrogen and oxygen atoms in total. The summed E-state index contributed by atoms with van der Waals surface area (Å²) in [5.41, 5.74) is 2.80. The number of nitrogens with one attached hydrogen (secondary N) is 2. The van der Waals surface area contributed by atoms with Gasteiger partial charge >= 0.3 is 24.1 Å². The van der Waals surface area contributed by atoms with Crippen molar-refractivity contribution in [2.75, 3.05) is 26.3 Å². The van der Waals surface area contributed by atoms with Crippen LogP contribution in [0.5, 0.6) is 0 Å². The molecule has 1 aromatic rings. The summed E-state index contributed by atoms with van der Waals surface area (Å²) in [5.74, 6) is -0.978. The third-order valence-corrected chi connectivity index (χ3v) is 3.84. The van der Waals surface area contributed by atoms with Gasteiger partial charge in [-0.1, -0.05) is 30.1 Å². The second-order valence-electron chi connectivity index (χ2n) is 7.42. The lowest BCUT2D eigenvalue weighted by molar-refractivity contribution is -0.139. The maximum Gasteiger partial charge on any atom is 0.433 e. The molecule has 36 heavy (non-hydrogen) atoms. The van der Waals surface area contributed by atoms with E-state index >= 15 is 0 Å². The third-order valence-electron chi connectivity index (χ3n) is 3.84. The van der Waals surface area contributed by atoms with Crippen LogP contribution in [-0.4, -0.2) is 66.1 Å². The SMILES string of the molecule is C=C(C)C(=O)OCCNC(=O)O/N=C(\C)CC.C=C(C)C(=O)OCCNC(=O)On1nc(C)cc1C. The van der Waals surface area contributed by atoms with Gasteiger partial charge in [-0.2, -0.15) is 0 Å². The van der Waals surface area contributed by atoms with Crippen molar-refractivity contribution in [1.82, 2.24) is 20.6 Å². The predicted octanol–water partition coefficient (Wildman–Crippen LogP) is 2.38. The number of rotatable bonds is 11. The standard InChI is InChI=1S/C12H17N3O4.C11H18N2O4/c1-8(2)11(16)18-6-5-13-12(17)19-15-10(4)7-9(3)14-15;1-5-9(4)13-17-11(15)12-6-7-16-10(14)8(2)3/h7H,1,5-6H2,2-4H3,(H,13,17);2,5-7H2,1,3-4H3,(H,12,15)/b;13-9+. The Labute approximate surface area is 210 Å². The monoisotopic (exact) mass is 509 g/mol. The zero-order valence-corrected chi connectivity index (χ0v) is 21.6. The van der Waals surface area contributed by atoms with Gasteiger partial charge in [0.1, 0.15) is 13.2 Å². The van der Waals surface area contributed by atoms with Crippen LogP contribution in [0.3, 0.4) is 0 Å². The average Bonchev–Trinajstić information content (AvgIpc) is 3.13. The Morgan fingerprint density at radius 3 is 1.86 bits per heavy atom. The number of hydrogen-bond acceptors (Lipinski definition) is 10. The van der Waals surface area contributed by atoms with Gasteiger partial charge in [0.05, 0.1) is 30.2 Å². The quantitative estimate of drug-likeness (QED) is 0.114. The van der Waals surface area contributed by atoms with E-state index in [1.807, 2.05) is 6.92 Å². The molecule has 0 saturated carbocycles. The fourth-order valence-corrected chi connectivity index (χ4v) is 1.87. The van der Waals surface area contributed by atoms with Crippen molar-refractivity contribution in [1.29, 1.82) is 0 Å². The Morgan fingerprint density at radius 2 is 1.44 bits per heavy atom. The Hall–Kier alpha value is -4.16. The van der Waals surface area contributed by atoms with Gasteiger partial charge in [-0.25, -0.2) is 19.2 Å². The molecule has 1 heterocycles. The van der Waals surface area contributed by atoms with E-state index in [4.69, 9.17) is 14.3 Å². The molecule has 0 radical (unpaired) electrons. The number of carbonyl (C=O) groups excluding carboxylic acids is 4. The molecule has 0 spiro atoms. The van der Waals surface area contributed by atoms with Gasteiger partial charge in [0, 0.05) is 11.1 Å². The van der Waals surface area contributed by atoms with E-state index in [1.54, 1.807) is 40.7 Å². The first-order chi connectivity index (χ1) is 16.9. The van der Waals surface area contributed by atoms with E-state index in [1.165, 1.54) is 0 Å². The molecule has 0 saturated heterocycles. The minimum atomic E-state index is -0.677. The van der Waals surface area contributed by atoms with Crippen LogP contribution in [0.2, 0.25) is 0 Å².